The maximum atomic E-state index is 12.5. The number of ether oxygens (including phenoxy) is 1. The molecule has 0 aromatic heterocycles. The Kier molecular flexibility index (Phi) is 5.58. The molecule has 4 nitrogen and oxygen atoms in total. The summed E-state index contributed by atoms with van der Waals surface area (Å²) in [6.07, 6.45) is 1.44. The molecular weight excluding hydrogens is 336 g/mol. The first kappa shape index (κ1) is 17.2. The van der Waals surface area contributed by atoms with Crippen molar-refractivity contribution in [3.05, 3.63) is 70.8 Å². The van der Waals surface area contributed by atoms with Gasteiger partial charge in [0.2, 0.25) is 0 Å². The predicted octanol–water partition coefficient (Wildman–Crippen LogP) is 3.37. The maximum absolute atomic E-state index is 12.5. The number of benzene rings is 2. The number of rotatable bonds is 5. The molecule has 2 aromatic carbocycles. The second-order valence-electron chi connectivity index (χ2n) is 4.75. The number of carbonyl (C=O) groups is 1. The lowest BCUT2D eigenvalue weighted by Gasteiger charge is -2.08. The van der Waals surface area contributed by atoms with Crippen LogP contribution in [0.15, 0.2) is 65.1 Å². The van der Waals surface area contributed by atoms with Gasteiger partial charge < -0.3 is 4.74 Å². The first-order chi connectivity index (χ1) is 10.9. The van der Waals surface area contributed by atoms with Gasteiger partial charge in [0.1, 0.15) is 0 Å². The quantitative estimate of drug-likeness (QED) is 0.612. The van der Waals surface area contributed by atoms with Crippen molar-refractivity contribution in [2.45, 2.75) is 4.90 Å². The van der Waals surface area contributed by atoms with Crippen LogP contribution in [-0.2, 0) is 19.4 Å². The van der Waals surface area contributed by atoms with E-state index in [0.717, 1.165) is 0 Å². The van der Waals surface area contributed by atoms with E-state index < -0.39 is 21.6 Å². The van der Waals surface area contributed by atoms with Crippen LogP contribution in [-0.4, -0.2) is 27.2 Å². The van der Waals surface area contributed by atoms with Crippen molar-refractivity contribution in [3.8, 4) is 0 Å². The highest BCUT2D eigenvalue weighted by molar-refractivity contribution is 7.91. The standard InChI is InChI=1S/C17H15ClO4S/c1-22-17(19)14(11-13-7-5-6-10-16(13)18)12-23(20,21)15-8-3-2-4-9-15/h2-11H,12H2,1H3/b14-11+. The van der Waals surface area contributed by atoms with Gasteiger partial charge in [0, 0.05) is 5.02 Å². The first-order valence-electron chi connectivity index (χ1n) is 6.75. The lowest BCUT2D eigenvalue weighted by Crippen LogP contribution is -2.16. The molecule has 0 aliphatic carbocycles. The smallest absolute Gasteiger partial charge is 0.334 e. The minimum absolute atomic E-state index is 0.0180. The molecule has 0 bridgehead atoms. The van der Waals surface area contributed by atoms with Crippen LogP contribution in [0.5, 0.6) is 0 Å². The van der Waals surface area contributed by atoms with Gasteiger partial charge >= 0.3 is 5.97 Å². The average molecular weight is 351 g/mol. The van der Waals surface area contributed by atoms with Crippen molar-refractivity contribution in [1.82, 2.24) is 0 Å². The van der Waals surface area contributed by atoms with Crippen LogP contribution < -0.4 is 0 Å². The second kappa shape index (κ2) is 7.44. The highest BCUT2D eigenvalue weighted by Gasteiger charge is 2.21. The molecule has 0 N–H and O–H groups in total. The summed E-state index contributed by atoms with van der Waals surface area (Å²) in [6.45, 7) is 0. The Morgan fingerprint density at radius 1 is 1.09 bits per heavy atom. The fourth-order valence-electron chi connectivity index (χ4n) is 1.99. The van der Waals surface area contributed by atoms with E-state index >= 15 is 0 Å². The van der Waals surface area contributed by atoms with Crippen LogP contribution in [0.2, 0.25) is 5.02 Å². The minimum Gasteiger partial charge on any atom is -0.466 e. The van der Waals surface area contributed by atoms with Crippen molar-refractivity contribution in [2.24, 2.45) is 0 Å². The lowest BCUT2D eigenvalue weighted by molar-refractivity contribution is -0.135. The van der Waals surface area contributed by atoms with Gasteiger partial charge in [0.05, 0.1) is 23.3 Å². The van der Waals surface area contributed by atoms with Gasteiger partial charge in [0.25, 0.3) is 0 Å². The van der Waals surface area contributed by atoms with E-state index in [2.05, 4.69) is 0 Å². The fraction of sp³-hybridized carbons (Fsp3) is 0.118. The van der Waals surface area contributed by atoms with Gasteiger partial charge in [-0.3, -0.25) is 0 Å². The van der Waals surface area contributed by atoms with E-state index in [1.54, 1.807) is 42.5 Å². The maximum Gasteiger partial charge on any atom is 0.334 e. The van der Waals surface area contributed by atoms with Crippen LogP contribution in [0.1, 0.15) is 5.56 Å². The van der Waals surface area contributed by atoms with Gasteiger partial charge in [-0.15, -0.1) is 0 Å². The van der Waals surface area contributed by atoms with Gasteiger partial charge in [-0.2, -0.15) is 0 Å². The monoisotopic (exact) mass is 350 g/mol. The zero-order chi connectivity index (χ0) is 16.9. The Labute approximate surface area is 140 Å². The fourth-order valence-corrected chi connectivity index (χ4v) is 3.53. The number of halogens is 1. The summed E-state index contributed by atoms with van der Waals surface area (Å²) in [5.41, 5.74) is 0.572. The molecule has 0 aliphatic heterocycles. The molecule has 0 unspecified atom stereocenters. The summed E-state index contributed by atoms with van der Waals surface area (Å²) < 4.78 is 29.6. The lowest BCUT2D eigenvalue weighted by atomic mass is 10.1. The average Bonchev–Trinajstić information content (AvgIpc) is 2.56. The third kappa shape index (κ3) is 4.43. The van der Waals surface area contributed by atoms with E-state index in [-0.39, 0.29) is 10.5 Å². The third-order valence-electron chi connectivity index (χ3n) is 3.13. The van der Waals surface area contributed by atoms with Crippen LogP contribution in [0.3, 0.4) is 0 Å². The molecule has 0 saturated carbocycles. The Balaban J connectivity index is 2.41. The SMILES string of the molecule is COC(=O)/C(=C/c1ccccc1Cl)CS(=O)(=O)c1ccccc1. The normalized spacial score (nSPS) is 12.0. The van der Waals surface area contributed by atoms with Crippen molar-refractivity contribution >= 4 is 33.5 Å². The molecule has 0 saturated heterocycles. The molecule has 0 spiro atoms. The second-order valence-corrected chi connectivity index (χ2v) is 7.15. The molecule has 6 heteroatoms. The minimum atomic E-state index is -3.66. The molecule has 0 atom stereocenters. The Morgan fingerprint density at radius 3 is 2.30 bits per heavy atom. The predicted molar refractivity (Wildman–Crippen MR) is 89.9 cm³/mol. The largest absolute Gasteiger partial charge is 0.466 e. The van der Waals surface area contributed by atoms with Gasteiger partial charge in [-0.1, -0.05) is 48.0 Å². The molecule has 23 heavy (non-hydrogen) atoms. The van der Waals surface area contributed by atoms with Gasteiger partial charge in [-0.05, 0) is 29.8 Å². The van der Waals surface area contributed by atoms with Crippen LogP contribution in [0, 0.1) is 0 Å². The molecule has 120 valence electrons. The molecule has 0 radical (unpaired) electrons. The van der Waals surface area contributed by atoms with E-state index in [0.29, 0.717) is 10.6 Å². The summed E-state index contributed by atoms with van der Waals surface area (Å²) in [5.74, 6) is -1.17. The third-order valence-corrected chi connectivity index (χ3v) is 5.16. The Hall–Kier alpha value is -2.11. The highest BCUT2D eigenvalue weighted by atomic mass is 35.5. The molecular formula is C17H15ClO4S. The molecule has 0 heterocycles. The number of hydrogen-bond acceptors (Lipinski definition) is 4. The number of hydrogen-bond donors (Lipinski definition) is 0. The Bertz CT molecular complexity index is 827. The number of esters is 1. The molecule has 2 aromatic rings. The van der Waals surface area contributed by atoms with Crippen LogP contribution >= 0.6 is 11.6 Å². The first-order valence-corrected chi connectivity index (χ1v) is 8.78. The number of methoxy groups -OCH3 is 1. The van der Waals surface area contributed by atoms with Crippen molar-refractivity contribution in [1.29, 1.82) is 0 Å². The van der Waals surface area contributed by atoms with E-state index in [9.17, 15) is 13.2 Å². The van der Waals surface area contributed by atoms with E-state index in [1.165, 1.54) is 25.3 Å². The Morgan fingerprint density at radius 2 is 1.70 bits per heavy atom. The molecule has 0 aliphatic rings. The molecule has 0 amide bonds. The zero-order valence-corrected chi connectivity index (χ0v) is 14.0. The zero-order valence-electron chi connectivity index (χ0n) is 12.4. The molecule has 0 fully saturated rings. The summed E-state index contributed by atoms with van der Waals surface area (Å²) >= 11 is 6.06. The number of carbonyl (C=O) groups excluding carboxylic acids is 1. The highest BCUT2D eigenvalue weighted by Crippen LogP contribution is 2.21. The van der Waals surface area contributed by atoms with Crippen LogP contribution in [0.4, 0.5) is 0 Å². The van der Waals surface area contributed by atoms with Crippen LogP contribution in [0.25, 0.3) is 6.08 Å². The topological polar surface area (TPSA) is 60.4 Å². The number of sulfone groups is 1. The van der Waals surface area contributed by atoms with Crippen molar-refractivity contribution in [3.63, 3.8) is 0 Å². The summed E-state index contributed by atoms with van der Waals surface area (Å²) in [7, 11) is -2.45. The van der Waals surface area contributed by atoms with Crippen molar-refractivity contribution < 1.29 is 17.9 Å². The molecule has 2 rings (SSSR count). The van der Waals surface area contributed by atoms with E-state index in [1.807, 2.05) is 0 Å². The summed E-state index contributed by atoms with van der Waals surface area (Å²) in [6, 6.07) is 14.8. The van der Waals surface area contributed by atoms with Crippen molar-refractivity contribution in [2.75, 3.05) is 12.9 Å². The van der Waals surface area contributed by atoms with Gasteiger partial charge in [0.15, 0.2) is 9.84 Å². The van der Waals surface area contributed by atoms with Gasteiger partial charge in [-0.25, -0.2) is 13.2 Å². The summed E-state index contributed by atoms with van der Waals surface area (Å²) in [5, 5.41) is 0.422. The van der Waals surface area contributed by atoms with E-state index in [4.69, 9.17) is 16.3 Å². The summed E-state index contributed by atoms with van der Waals surface area (Å²) in [4.78, 5) is 12.1.